The van der Waals surface area contributed by atoms with Crippen molar-refractivity contribution in [1.29, 1.82) is 0 Å². The number of hydrogen-bond acceptors (Lipinski definition) is 3. The van der Waals surface area contributed by atoms with Crippen molar-refractivity contribution in [3.8, 4) is 0 Å². The summed E-state index contributed by atoms with van der Waals surface area (Å²) in [5, 5.41) is 0. The fourth-order valence-corrected chi connectivity index (χ4v) is 4.58. The second-order valence-electron chi connectivity index (χ2n) is 6.29. The number of aryl methyl sites for hydroxylation is 1. The molecule has 0 radical (unpaired) electrons. The zero-order chi connectivity index (χ0) is 17.7. The number of hydrogen-bond donors (Lipinski definition) is 0. The molecule has 3 rings (SSSR count). The van der Waals surface area contributed by atoms with Crippen LogP contribution in [0.4, 0.5) is 4.39 Å². The first-order valence-electron chi connectivity index (χ1n) is 8.58. The van der Waals surface area contributed by atoms with Crippen LogP contribution in [0, 0.1) is 5.82 Å². The molecule has 2 aromatic rings. The highest BCUT2D eigenvalue weighted by Crippen LogP contribution is 2.18. The van der Waals surface area contributed by atoms with Crippen LogP contribution in [0.3, 0.4) is 0 Å². The summed E-state index contributed by atoms with van der Waals surface area (Å²) in [5.41, 5.74) is 1.33. The van der Waals surface area contributed by atoms with Gasteiger partial charge in [-0.05, 0) is 43.1 Å². The summed E-state index contributed by atoms with van der Waals surface area (Å²) in [7, 11) is -3.60. The summed E-state index contributed by atoms with van der Waals surface area (Å²) >= 11 is 0. The molecular weight excluding hydrogens is 339 g/mol. The van der Waals surface area contributed by atoms with Crippen molar-refractivity contribution in [3.63, 3.8) is 0 Å². The van der Waals surface area contributed by atoms with E-state index in [1.54, 1.807) is 0 Å². The van der Waals surface area contributed by atoms with Crippen molar-refractivity contribution in [2.75, 3.05) is 32.7 Å². The highest BCUT2D eigenvalue weighted by Gasteiger charge is 2.28. The lowest BCUT2D eigenvalue weighted by molar-refractivity contribution is 0.187. The van der Waals surface area contributed by atoms with E-state index in [9.17, 15) is 12.8 Å². The quantitative estimate of drug-likeness (QED) is 0.793. The summed E-state index contributed by atoms with van der Waals surface area (Å²) in [4.78, 5) is 2.32. The maximum absolute atomic E-state index is 13.3. The molecule has 1 fully saturated rings. The Morgan fingerprint density at radius 1 is 0.920 bits per heavy atom. The highest BCUT2D eigenvalue weighted by atomic mass is 32.2. The lowest BCUT2D eigenvalue weighted by Crippen LogP contribution is -2.48. The molecule has 0 spiro atoms. The van der Waals surface area contributed by atoms with Gasteiger partial charge in [-0.2, -0.15) is 4.31 Å². The molecule has 6 heteroatoms. The van der Waals surface area contributed by atoms with Gasteiger partial charge < -0.3 is 4.90 Å². The van der Waals surface area contributed by atoms with Crippen LogP contribution in [-0.4, -0.2) is 50.3 Å². The molecule has 1 aliphatic heterocycles. The van der Waals surface area contributed by atoms with Crippen molar-refractivity contribution in [2.24, 2.45) is 0 Å². The van der Waals surface area contributed by atoms with Gasteiger partial charge in [0.05, 0.1) is 4.90 Å². The van der Waals surface area contributed by atoms with E-state index in [0.717, 1.165) is 25.5 Å². The molecule has 25 heavy (non-hydrogen) atoms. The van der Waals surface area contributed by atoms with Gasteiger partial charge in [0.2, 0.25) is 10.0 Å². The van der Waals surface area contributed by atoms with Gasteiger partial charge in [0.15, 0.2) is 0 Å². The molecule has 134 valence electrons. The summed E-state index contributed by atoms with van der Waals surface area (Å²) in [6, 6.07) is 15.6. The van der Waals surface area contributed by atoms with Crippen LogP contribution in [0.1, 0.15) is 12.0 Å². The number of nitrogens with zero attached hydrogens (tertiary/aromatic N) is 2. The van der Waals surface area contributed by atoms with Gasteiger partial charge in [-0.3, -0.25) is 0 Å². The van der Waals surface area contributed by atoms with E-state index in [0.29, 0.717) is 26.2 Å². The standard InChI is InChI=1S/C19H23FN2O2S/c20-18-9-4-10-19(16-18)25(23,24)22-14-12-21(13-15-22)11-5-8-17-6-2-1-3-7-17/h1-4,6-7,9-10,16H,5,8,11-15H2. The van der Waals surface area contributed by atoms with Gasteiger partial charge in [-0.15, -0.1) is 0 Å². The second kappa shape index (κ2) is 8.08. The van der Waals surface area contributed by atoms with Crippen LogP contribution in [-0.2, 0) is 16.4 Å². The zero-order valence-corrected chi connectivity index (χ0v) is 15.0. The molecule has 0 atom stereocenters. The summed E-state index contributed by atoms with van der Waals surface area (Å²) in [6.45, 7) is 3.28. The normalized spacial score (nSPS) is 16.8. The Kier molecular flexibility index (Phi) is 5.83. The molecule has 4 nitrogen and oxygen atoms in total. The van der Waals surface area contributed by atoms with E-state index < -0.39 is 15.8 Å². The monoisotopic (exact) mass is 362 g/mol. The summed E-state index contributed by atoms with van der Waals surface area (Å²) in [6.07, 6.45) is 2.09. The minimum atomic E-state index is -3.60. The lowest BCUT2D eigenvalue weighted by Gasteiger charge is -2.34. The maximum atomic E-state index is 13.3. The molecule has 1 saturated heterocycles. The topological polar surface area (TPSA) is 40.6 Å². The van der Waals surface area contributed by atoms with Crippen molar-refractivity contribution in [3.05, 3.63) is 66.0 Å². The van der Waals surface area contributed by atoms with Crippen molar-refractivity contribution < 1.29 is 12.8 Å². The third-order valence-electron chi connectivity index (χ3n) is 4.55. The Labute approximate surface area is 148 Å². The van der Waals surface area contributed by atoms with Crippen molar-refractivity contribution in [2.45, 2.75) is 17.7 Å². The van der Waals surface area contributed by atoms with E-state index in [2.05, 4.69) is 17.0 Å². The SMILES string of the molecule is O=S(=O)(c1cccc(F)c1)N1CCN(CCCc2ccccc2)CC1. The Bertz CT molecular complexity index is 788. The fourth-order valence-electron chi connectivity index (χ4n) is 3.12. The molecular formula is C19H23FN2O2S. The average molecular weight is 362 g/mol. The minimum absolute atomic E-state index is 0.0324. The largest absolute Gasteiger partial charge is 0.301 e. The molecule has 0 amide bonds. The van der Waals surface area contributed by atoms with Crippen LogP contribution < -0.4 is 0 Å². The molecule has 1 aliphatic rings. The number of halogens is 1. The van der Waals surface area contributed by atoms with Crippen LogP contribution >= 0.6 is 0 Å². The third kappa shape index (κ3) is 4.66. The Hall–Kier alpha value is -1.76. The lowest BCUT2D eigenvalue weighted by atomic mass is 10.1. The molecule has 0 unspecified atom stereocenters. The molecule has 0 saturated carbocycles. The zero-order valence-electron chi connectivity index (χ0n) is 14.1. The van der Waals surface area contributed by atoms with Gasteiger partial charge in [0, 0.05) is 26.2 Å². The smallest absolute Gasteiger partial charge is 0.243 e. The van der Waals surface area contributed by atoms with E-state index in [4.69, 9.17) is 0 Å². The predicted octanol–water partition coefficient (Wildman–Crippen LogP) is 2.76. The number of sulfonamides is 1. The average Bonchev–Trinajstić information content (AvgIpc) is 2.63. The number of piperazine rings is 1. The molecule has 0 bridgehead atoms. The Morgan fingerprint density at radius 2 is 1.64 bits per heavy atom. The Morgan fingerprint density at radius 3 is 2.32 bits per heavy atom. The van der Waals surface area contributed by atoms with E-state index in [1.807, 2.05) is 18.2 Å². The van der Waals surface area contributed by atoms with Gasteiger partial charge >= 0.3 is 0 Å². The molecule has 2 aromatic carbocycles. The van der Waals surface area contributed by atoms with Crippen LogP contribution in [0.2, 0.25) is 0 Å². The van der Waals surface area contributed by atoms with Crippen molar-refractivity contribution >= 4 is 10.0 Å². The van der Waals surface area contributed by atoms with Crippen molar-refractivity contribution in [1.82, 2.24) is 9.21 Å². The first-order valence-corrected chi connectivity index (χ1v) is 10.0. The highest BCUT2D eigenvalue weighted by molar-refractivity contribution is 7.89. The minimum Gasteiger partial charge on any atom is -0.301 e. The van der Waals surface area contributed by atoms with Crippen LogP contribution in [0.5, 0.6) is 0 Å². The van der Waals surface area contributed by atoms with Crippen LogP contribution in [0.15, 0.2) is 59.5 Å². The predicted molar refractivity (Wildman–Crippen MR) is 96.4 cm³/mol. The number of rotatable bonds is 6. The second-order valence-corrected chi connectivity index (χ2v) is 8.23. The third-order valence-corrected chi connectivity index (χ3v) is 6.44. The molecule has 0 aromatic heterocycles. The fraction of sp³-hybridized carbons (Fsp3) is 0.368. The first-order chi connectivity index (χ1) is 12.1. The van der Waals surface area contributed by atoms with E-state index in [-0.39, 0.29) is 4.90 Å². The van der Waals surface area contributed by atoms with E-state index in [1.165, 1.54) is 28.1 Å². The van der Waals surface area contributed by atoms with E-state index >= 15 is 0 Å². The molecule has 0 N–H and O–H groups in total. The van der Waals surface area contributed by atoms with Gasteiger partial charge in [0.1, 0.15) is 5.82 Å². The molecule has 0 aliphatic carbocycles. The van der Waals surface area contributed by atoms with Gasteiger partial charge in [-0.1, -0.05) is 36.4 Å². The van der Waals surface area contributed by atoms with Crippen LogP contribution in [0.25, 0.3) is 0 Å². The molecule has 1 heterocycles. The van der Waals surface area contributed by atoms with Gasteiger partial charge in [-0.25, -0.2) is 12.8 Å². The number of benzene rings is 2. The Balaban J connectivity index is 1.50. The van der Waals surface area contributed by atoms with Gasteiger partial charge in [0.25, 0.3) is 0 Å². The maximum Gasteiger partial charge on any atom is 0.243 e. The summed E-state index contributed by atoms with van der Waals surface area (Å²) < 4.78 is 39.9. The first kappa shape index (κ1) is 18.0. The summed E-state index contributed by atoms with van der Waals surface area (Å²) in [5.74, 6) is -0.527.